The molecule has 0 unspecified atom stereocenters. The molecule has 102 valence electrons. The standard InChI is InChI=1S/C13H20O5/c1-4-17-11(15)13(12(16)18-5-2)6-9(3)10(7-13)8-14/h10,14H,3-8H2,1-2H3/t10-/m0/s1. The van der Waals surface area contributed by atoms with Crippen LogP contribution in [0, 0.1) is 11.3 Å². The molecule has 1 rings (SSSR count). The second-order valence-corrected chi connectivity index (χ2v) is 4.44. The van der Waals surface area contributed by atoms with E-state index in [1.165, 1.54) is 0 Å². The van der Waals surface area contributed by atoms with Gasteiger partial charge < -0.3 is 14.6 Å². The smallest absolute Gasteiger partial charge is 0.323 e. The minimum absolute atomic E-state index is 0.126. The third-order valence-corrected chi connectivity index (χ3v) is 3.25. The first-order valence-electron chi connectivity index (χ1n) is 6.14. The van der Waals surface area contributed by atoms with E-state index in [1.54, 1.807) is 13.8 Å². The summed E-state index contributed by atoms with van der Waals surface area (Å²) in [5.41, 5.74) is -0.630. The van der Waals surface area contributed by atoms with Gasteiger partial charge in [-0.05, 0) is 26.7 Å². The number of carbonyl (C=O) groups is 2. The molecule has 1 aliphatic carbocycles. The molecule has 0 aliphatic heterocycles. The summed E-state index contributed by atoms with van der Waals surface area (Å²) in [6.45, 7) is 7.46. The van der Waals surface area contributed by atoms with Crippen LogP contribution in [0.2, 0.25) is 0 Å². The molecule has 5 heteroatoms. The number of carbonyl (C=O) groups excluding carboxylic acids is 2. The summed E-state index contributed by atoms with van der Waals surface area (Å²) < 4.78 is 9.95. The van der Waals surface area contributed by atoms with Crippen LogP contribution in [0.4, 0.5) is 0 Å². The summed E-state index contributed by atoms with van der Waals surface area (Å²) in [6.07, 6.45) is 0.399. The van der Waals surface area contributed by atoms with Crippen molar-refractivity contribution in [1.29, 1.82) is 0 Å². The highest BCUT2D eigenvalue weighted by Crippen LogP contribution is 2.46. The van der Waals surface area contributed by atoms with Gasteiger partial charge in [-0.25, -0.2) is 0 Å². The molecule has 0 aromatic carbocycles. The van der Waals surface area contributed by atoms with E-state index in [9.17, 15) is 14.7 Å². The first-order valence-corrected chi connectivity index (χ1v) is 6.14. The molecule has 1 fully saturated rings. The molecular weight excluding hydrogens is 236 g/mol. The van der Waals surface area contributed by atoms with Crippen LogP contribution < -0.4 is 0 Å². The van der Waals surface area contributed by atoms with E-state index >= 15 is 0 Å². The Morgan fingerprint density at radius 3 is 2.17 bits per heavy atom. The average Bonchev–Trinajstić information content (AvgIpc) is 2.68. The van der Waals surface area contributed by atoms with Gasteiger partial charge in [0, 0.05) is 12.5 Å². The van der Waals surface area contributed by atoms with Crippen molar-refractivity contribution >= 4 is 11.9 Å². The van der Waals surface area contributed by atoms with Gasteiger partial charge in [0.2, 0.25) is 0 Å². The zero-order valence-corrected chi connectivity index (χ0v) is 10.9. The van der Waals surface area contributed by atoms with Gasteiger partial charge in [-0.15, -0.1) is 0 Å². The van der Waals surface area contributed by atoms with Crippen LogP contribution in [0.15, 0.2) is 12.2 Å². The molecule has 1 saturated carbocycles. The van der Waals surface area contributed by atoms with Crippen LogP contribution in [-0.2, 0) is 19.1 Å². The van der Waals surface area contributed by atoms with E-state index in [0.717, 1.165) is 0 Å². The third-order valence-electron chi connectivity index (χ3n) is 3.25. The first-order chi connectivity index (χ1) is 8.51. The number of hydrogen-bond donors (Lipinski definition) is 1. The minimum Gasteiger partial charge on any atom is -0.465 e. The number of hydrogen-bond acceptors (Lipinski definition) is 5. The second-order valence-electron chi connectivity index (χ2n) is 4.44. The van der Waals surface area contributed by atoms with Crippen LogP contribution in [0.25, 0.3) is 0 Å². The summed E-state index contributed by atoms with van der Waals surface area (Å²) in [5, 5.41) is 9.23. The van der Waals surface area contributed by atoms with Gasteiger partial charge >= 0.3 is 11.9 Å². The van der Waals surface area contributed by atoms with Crippen molar-refractivity contribution in [3.05, 3.63) is 12.2 Å². The lowest BCUT2D eigenvalue weighted by Crippen LogP contribution is -2.40. The molecule has 0 radical (unpaired) electrons. The summed E-state index contributed by atoms with van der Waals surface area (Å²) in [7, 11) is 0. The molecule has 1 aliphatic rings. The van der Waals surface area contributed by atoms with Crippen molar-refractivity contribution in [2.24, 2.45) is 11.3 Å². The molecular formula is C13H20O5. The molecule has 0 amide bonds. The summed E-state index contributed by atoms with van der Waals surface area (Å²) in [5.74, 6) is -1.42. The number of aliphatic hydroxyl groups excluding tert-OH is 1. The highest BCUT2D eigenvalue weighted by molar-refractivity contribution is 6.01. The van der Waals surface area contributed by atoms with Gasteiger partial charge in [0.05, 0.1) is 13.2 Å². The number of esters is 2. The Hall–Kier alpha value is -1.36. The van der Waals surface area contributed by atoms with Crippen LogP contribution >= 0.6 is 0 Å². The van der Waals surface area contributed by atoms with Crippen molar-refractivity contribution in [3.8, 4) is 0 Å². The molecule has 0 saturated heterocycles. The van der Waals surface area contributed by atoms with Crippen LogP contribution in [-0.4, -0.2) is 36.9 Å². The summed E-state index contributed by atoms with van der Waals surface area (Å²) >= 11 is 0. The second kappa shape index (κ2) is 6.00. The molecule has 5 nitrogen and oxygen atoms in total. The molecule has 1 N–H and O–H groups in total. The lowest BCUT2D eigenvalue weighted by atomic mass is 9.85. The van der Waals surface area contributed by atoms with Gasteiger partial charge in [0.15, 0.2) is 5.41 Å². The molecule has 1 atom stereocenters. The molecule has 0 heterocycles. The zero-order chi connectivity index (χ0) is 13.8. The van der Waals surface area contributed by atoms with E-state index in [4.69, 9.17) is 9.47 Å². The average molecular weight is 256 g/mol. The van der Waals surface area contributed by atoms with Gasteiger partial charge in [0.1, 0.15) is 0 Å². The van der Waals surface area contributed by atoms with E-state index in [1.807, 2.05) is 0 Å². The molecule has 18 heavy (non-hydrogen) atoms. The number of ether oxygens (including phenoxy) is 2. The van der Waals surface area contributed by atoms with Gasteiger partial charge in [-0.2, -0.15) is 0 Å². The predicted molar refractivity (Wildman–Crippen MR) is 64.6 cm³/mol. The number of rotatable bonds is 5. The highest BCUT2D eigenvalue weighted by atomic mass is 16.6. The fourth-order valence-electron chi connectivity index (χ4n) is 2.30. The van der Waals surface area contributed by atoms with Crippen molar-refractivity contribution in [2.75, 3.05) is 19.8 Å². The Morgan fingerprint density at radius 1 is 1.33 bits per heavy atom. The predicted octanol–water partition coefficient (Wildman–Crippen LogP) is 1.06. The Labute approximate surface area is 107 Å². The molecule has 0 aromatic rings. The lowest BCUT2D eigenvalue weighted by Gasteiger charge is -2.24. The molecule has 0 bridgehead atoms. The van der Waals surface area contributed by atoms with Gasteiger partial charge in [-0.3, -0.25) is 9.59 Å². The van der Waals surface area contributed by atoms with Crippen LogP contribution in [0.1, 0.15) is 26.7 Å². The quantitative estimate of drug-likeness (QED) is 0.452. The van der Waals surface area contributed by atoms with Crippen molar-refractivity contribution in [2.45, 2.75) is 26.7 Å². The van der Waals surface area contributed by atoms with Crippen molar-refractivity contribution < 1.29 is 24.2 Å². The van der Waals surface area contributed by atoms with E-state index in [2.05, 4.69) is 6.58 Å². The van der Waals surface area contributed by atoms with Crippen molar-refractivity contribution in [3.63, 3.8) is 0 Å². The van der Waals surface area contributed by atoms with Gasteiger partial charge in [-0.1, -0.05) is 12.2 Å². The SMILES string of the molecule is C=C1CC(C(=O)OCC)(C(=O)OCC)C[C@H]1CO. The van der Waals surface area contributed by atoms with Gasteiger partial charge in [0.25, 0.3) is 0 Å². The zero-order valence-electron chi connectivity index (χ0n) is 10.9. The monoisotopic (exact) mass is 256 g/mol. The Kier molecular flexibility index (Phi) is 4.90. The maximum Gasteiger partial charge on any atom is 0.323 e. The Bertz CT molecular complexity index is 329. The highest BCUT2D eigenvalue weighted by Gasteiger charge is 2.55. The molecule has 0 spiro atoms. The van der Waals surface area contributed by atoms with Crippen molar-refractivity contribution in [1.82, 2.24) is 0 Å². The van der Waals surface area contributed by atoms with Crippen LogP contribution in [0.5, 0.6) is 0 Å². The minimum atomic E-state index is -1.32. The Morgan fingerprint density at radius 2 is 1.83 bits per heavy atom. The summed E-state index contributed by atoms with van der Waals surface area (Å²) in [6, 6.07) is 0. The Balaban J connectivity index is 3.00. The van der Waals surface area contributed by atoms with E-state index < -0.39 is 17.4 Å². The van der Waals surface area contributed by atoms with Crippen LogP contribution in [0.3, 0.4) is 0 Å². The molecule has 0 aromatic heterocycles. The fraction of sp³-hybridized carbons (Fsp3) is 0.692. The first kappa shape index (κ1) is 14.7. The maximum absolute atomic E-state index is 12.0. The fourth-order valence-corrected chi connectivity index (χ4v) is 2.30. The van der Waals surface area contributed by atoms with E-state index in [-0.39, 0.29) is 38.6 Å². The van der Waals surface area contributed by atoms with E-state index in [0.29, 0.717) is 5.57 Å². The topological polar surface area (TPSA) is 72.8 Å². The summed E-state index contributed by atoms with van der Waals surface area (Å²) in [4.78, 5) is 24.1. The lowest BCUT2D eigenvalue weighted by molar-refractivity contribution is -0.171. The third kappa shape index (κ3) is 2.56. The largest absolute Gasteiger partial charge is 0.465 e. The normalized spacial score (nSPS) is 21.7. The maximum atomic E-state index is 12.0. The number of aliphatic hydroxyl groups is 1.